The first-order valence-corrected chi connectivity index (χ1v) is 8.99. The van der Waals surface area contributed by atoms with Crippen molar-refractivity contribution in [2.24, 2.45) is 0 Å². The molecule has 4 nitrogen and oxygen atoms in total. The highest BCUT2D eigenvalue weighted by Crippen LogP contribution is 2.47. The van der Waals surface area contributed by atoms with Crippen molar-refractivity contribution in [2.75, 3.05) is 14.2 Å². The van der Waals surface area contributed by atoms with Gasteiger partial charge in [-0.2, -0.15) is 0 Å². The Bertz CT molecular complexity index is 801. The second-order valence-corrected chi connectivity index (χ2v) is 6.92. The number of rotatable bonds is 7. The number of carbonyl (C=O) groups excluding carboxylic acids is 1. The molecule has 0 aromatic heterocycles. The van der Waals surface area contributed by atoms with Crippen LogP contribution in [-0.4, -0.2) is 31.2 Å². The van der Waals surface area contributed by atoms with Crippen molar-refractivity contribution >= 4 is 23.8 Å². The zero-order valence-corrected chi connectivity index (χ0v) is 15.4. The van der Waals surface area contributed by atoms with E-state index >= 15 is 0 Å². The monoisotopic (exact) mass is 368 g/mol. The fourth-order valence-electron chi connectivity index (χ4n) is 2.75. The molecule has 134 valence electrons. The molecule has 5 heteroatoms. The largest absolute Gasteiger partial charge is 0.495 e. The molecule has 0 radical (unpaired) electrons. The standard InChI is InChI=1S/C21H20O4S/c1-23-18(14-13-16-9-5-3-6-10-16)21(19(24-2)15-20(22)25-21)26-17-11-7-4-8-12-17/h3-15,18H,1-2H3/b14-13-/t18-,21+/m1/s1. The molecule has 0 saturated carbocycles. The van der Waals surface area contributed by atoms with Crippen LogP contribution in [-0.2, 0) is 19.0 Å². The van der Waals surface area contributed by atoms with Gasteiger partial charge in [0.15, 0.2) is 5.76 Å². The predicted octanol–water partition coefficient (Wildman–Crippen LogP) is 4.29. The molecule has 0 amide bonds. The van der Waals surface area contributed by atoms with Crippen LogP contribution in [0.3, 0.4) is 0 Å². The summed E-state index contributed by atoms with van der Waals surface area (Å²) in [5, 5.41) is 0. The van der Waals surface area contributed by atoms with E-state index in [1.807, 2.05) is 72.8 Å². The minimum atomic E-state index is -1.12. The summed E-state index contributed by atoms with van der Waals surface area (Å²) in [6, 6.07) is 19.6. The zero-order valence-electron chi connectivity index (χ0n) is 14.6. The van der Waals surface area contributed by atoms with E-state index < -0.39 is 17.0 Å². The number of hydrogen-bond donors (Lipinski definition) is 0. The van der Waals surface area contributed by atoms with Crippen LogP contribution in [0.25, 0.3) is 6.08 Å². The van der Waals surface area contributed by atoms with E-state index in [4.69, 9.17) is 14.2 Å². The minimum Gasteiger partial charge on any atom is -0.495 e. The Morgan fingerprint density at radius 1 is 1.04 bits per heavy atom. The third-order valence-corrected chi connectivity index (χ3v) is 5.30. The molecular weight excluding hydrogens is 348 g/mol. The Balaban J connectivity index is 1.97. The van der Waals surface area contributed by atoms with E-state index in [0.29, 0.717) is 5.76 Å². The Morgan fingerprint density at radius 2 is 1.69 bits per heavy atom. The molecule has 0 spiro atoms. The van der Waals surface area contributed by atoms with Gasteiger partial charge in [0, 0.05) is 12.0 Å². The summed E-state index contributed by atoms with van der Waals surface area (Å²) in [5.74, 6) is -0.0126. The van der Waals surface area contributed by atoms with Crippen molar-refractivity contribution in [3.8, 4) is 0 Å². The van der Waals surface area contributed by atoms with E-state index in [0.717, 1.165) is 10.5 Å². The maximum Gasteiger partial charge on any atom is 0.336 e. The second-order valence-electron chi connectivity index (χ2n) is 5.64. The molecule has 0 fully saturated rings. The topological polar surface area (TPSA) is 44.8 Å². The minimum absolute atomic E-state index is 0.431. The van der Waals surface area contributed by atoms with Crippen LogP contribution in [0, 0.1) is 0 Å². The van der Waals surface area contributed by atoms with Gasteiger partial charge < -0.3 is 14.2 Å². The number of benzene rings is 2. The number of cyclic esters (lactones) is 1. The number of esters is 1. The van der Waals surface area contributed by atoms with E-state index in [1.54, 1.807) is 7.11 Å². The highest BCUT2D eigenvalue weighted by Gasteiger charge is 2.52. The first kappa shape index (κ1) is 18.3. The summed E-state index contributed by atoms with van der Waals surface area (Å²) in [7, 11) is 3.12. The number of thioether (sulfide) groups is 1. The maximum atomic E-state index is 12.0. The van der Waals surface area contributed by atoms with Crippen LogP contribution in [0.4, 0.5) is 0 Å². The summed E-state index contributed by atoms with van der Waals surface area (Å²) in [4.78, 5) is 11.9. The predicted molar refractivity (Wildman–Crippen MR) is 102 cm³/mol. The Kier molecular flexibility index (Phi) is 5.81. The van der Waals surface area contributed by atoms with Gasteiger partial charge in [-0.25, -0.2) is 4.79 Å². The lowest BCUT2D eigenvalue weighted by Gasteiger charge is -2.34. The number of methoxy groups -OCH3 is 2. The number of ether oxygens (including phenoxy) is 3. The quantitative estimate of drug-likeness (QED) is 0.682. The van der Waals surface area contributed by atoms with Gasteiger partial charge >= 0.3 is 5.97 Å². The van der Waals surface area contributed by atoms with Gasteiger partial charge in [0.1, 0.15) is 6.10 Å². The van der Waals surface area contributed by atoms with Crippen LogP contribution < -0.4 is 0 Å². The summed E-state index contributed by atoms with van der Waals surface area (Å²) < 4.78 is 16.9. The van der Waals surface area contributed by atoms with Crippen molar-refractivity contribution in [3.63, 3.8) is 0 Å². The first-order valence-electron chi connectivity index (χ1n) is 8.17. The van der Waals surface area contributed by atoms with Crippen LogP contribution in [0.2, 0.25) is 0 Å². The van der Waals surface area contributed by atoms with Gasteiger partial charge in [-0.15, -0.1) is 0 Å². The summed E-state index contributed by atoms with van der Waals surface area (Å²) >= 11 is 1.39. The highest BCUT2D eigenvalue weighted by molar-refractivity contribution is 8.00. The van der Waals surface area contributed by atoms with Crippen LogP contribution in [0.5, 0.6) is 0 Å². The normalized spacial score (nSPS) is 20.7. The fraction of sp³-hybridized carbons (Fsp3) is 0.190. The van der Waals surface area contributed by atoms with Gasteiger partial charge in [-0.3, -0.25) is 0 Å². The van der Waals surface area contributed by atoms with E-state index in [1.165, 1.54) is 24.9 Å². The molecule has 0 aliphatic carbocycles. The molecule has 0 unspecified atom stereocenters. The molecule has 1 heterocycles. The average molecular weight is 368 g/mol. The van der Waals surface area contributed by atoms with Crippen LogP contribution >= 0.6 is 11.8 Å². The average Bonchev–Trinajstić information content (AvgIpc) is 3.00. The molecule has 1 aliphatic heterocycles. The molecule has 0 saturated heterocycles. The number of hydrogen-bond acceptors (Lipinski definition) is 5. The smallest absolute Gasteiger partial charge is 0.336 e. The molecule has 2 aromatic carbocycles. The SMILES string of the molecule is COC1=CC(=O)O[C@]1(Sc1ccccc1)[C@@H](/C=C\c1ccccc1)OC. The van der Waals surface area contributed by atoms with Gasteiger partial charge in [0.2, 0.25) is 4.93 Å². The Labute approximate surface area is 157 Å². The zero-order chi connectivity index (χ0) is 18.4. The van der Waals surface area contributed by atoms with E-state index in [-0.39, 0.29) is 0 Å². The Morgan fingerprint density at radius 3 is 2.31 bits per heavy atom. The summed E-state index contributed by atoms with van der Waals surface area (Å²) in [5.41, 5.74) is 1.03. The van der Waals surface area contributed by atoms with Gasteiger partial charge in [-0.05, 0) is 23.8 Å². The van der Waals surface area contributed by atoms with Crippen molar-refractivity contribution < 1.29 is 19.0 Å². The molecular formula is C21H20O4S. The first-order chi connectivity index (χ1) is 12.7. The molecule has 2 atom stereocenters. The highest BCUT2D eigenvalue weighted by atomic mass is 32.2. The third kappa shape index (κ3) is 3.84. The van der Waals surface area contributed by atoms with Gasteiger partial charge in [0.25, 0.3) is 0 Å². The third-order valence-electron chi connectivity index (χ3n) is 3.97. The lowest BCUT2D eigenvalue weighted by molar-refractivity contribution is -0.146. The molecule has 0 bridgehead atoms. The van der Waals surface area contributed by atoms with E-state index in [9.17, 15) is 4.79 Å². The van der Waals surface area contributed by atoms with E-state index in [2.05, 4.69) is 0 Å². The molecule has 1 aliphatic rings. The molecule has 3 rings (SSSR count). The molecule has 26 heavy (non-hydrogen) atoms. The van der Waals surface area contributed by atoms with Crippen molar-refractivity contribution in [2.45, 2.75) is 15.9 Å². The molecule has 2 aromatic rings. The summed E-state index contributed by atoms with van der Waals surface area (Å²) in [6.45, 7) is 0. The fourth-order valence-corrected chi connectivity index (χ4v) is 4.05. The lowest BCUT2D eigenvalue weighted by atomic mass is 10.1. The second kappa shape index (κ2) is 8.25. The summed E-state index contributed by atoms with van der Waals surface area (Å²) in [6.07, 6.45) is 4.67. The Hall–Kier alpha value is -2.50. The van der Waals surface area contributed by atoms with Crippen LogP contribution in [0.1, 0.15) is 5.56 Å². The van der Waals surface area contributed by atoms with Gasteiger partial charge in [0.05, 0.1) is 13.2 Å². The lowest BCUT2D eigenvalue weighted by Crippen LogP contribution is -2.42. The molecule has 0 N–H and O–H groups in total. The number of carbonyl (C=O) groups is 1. The van der Waals surface area contributed by atoms with Crippen molar-refractivity contribution in [1.82, 2.24) is 0 Å². The van der Waals surface area contributed by atoms with Crippen molar-refractivity contribution in [3.05, 3.63) is 84.1 Å². The van der Waals surface area contributed by atoms with Gasteiger partial charge in [-0.1, -0.05) is 66.4 Å². The van der Waals surface area contributed by atoms with Crippen LogP contribution in [0.15, 0.2) is 83.5 Å². The van der Waals surface area contributed by atoms with Crippen molar-refractivity contribution in [1.29, 1.82) is 0 Å². The maximum absolute atomic E-state index is 12.0.